The van der Waals surface area contributed by atoms with E-state index in [1.54, 1.807) is 0 Å². The predicted octanol–water partition coefficient (Wildman–Crippen LogP) is 3.19. The molecule has 6 heteroatoms. The average molecular weight is 277 g/mol. The van der Waals surface area contributed by atoms with Gasteiger partial charge >= 0.3 is 0 Å². The third-order valence-corrected chi connectivity index (χ3v) is 3.34. The summed E-state index contributed by atoms with van der Waals surface area (Å²) in [7, 11) is 0. The van der Waals surface area contributed by atoms with Crippen LogP contribution in [0.1, 0.15) is 25.3 Å². The normalized spacial score (nSPS) is 13.7. The molecule has 1 aromatic carbocycles. The van der Waals surface area contributed by atoms with Crippen LogP contribution < -0.4 is 0 Å². The van der Waals surface area contributed by atoms with Crippen LogP contribution in [0.15, 0.2) is 22.6 Å². The molecule has 0 N–H and O–H groups in total. The third kappa shape index (κ3) is 4.03. The number of hydrogen-bond acceptors (Lipinski definition) is 2. The van der Waals surface area contributed by atoms with Crippen molar-refractivity contribution in [3.63, 3.8) is 0 Å². The van der Waals surface area contributed by atoms with Crippen LogP contribution in [-0.4, -0.2) is 22.7 Å². The lowest BCUT2D eigenvalue weighted by Gasteiger charge is -2.07. The second-order valence-corrected chi connectivity index (χ2v) is 4.89. The first kappa shape index (κ1) is 15.0. The highest BCUT2D eigenvalue weighted by atomic mass is 32.2. The molecule has 0 saturated carbocycles. The highest BCUT2D eigenvalue weighted by Gasteiger charge is 2.16. The number of unbranched alkanes of at least 4 members (excludes halogenated alkanes) is 1. The second-order valence-electron chi connectivity index (χ2n) is 3.65. The Morgan fingerprint density at radius 2 is 2.11 bits per heavy atom. The lowest BCUT2D eigenvalue weighted by Crippen LogP contribution is -2.13. The number of halogens is 3. The molecule has 1 atom stereocenters. The minimum absolute atomic E-state index is 0.276. The Balaban J connectivity index is 2.95. The van der Waals surface area contributed by atoms with E-state index in [-0.39, 0.29) is 17.0 Å². The molecular formula is C12H14F3NOS. The van der Waals surface area contributed by atoms with E-state index in [2.05, 4.69) is 4.40 Å². The van der Waals surface area contributed by atoms with Gasteiger partial charge in [0.15, 0.2) is 11.6 Å². The molecular weight excluding hydrogens is 263 g/mol. The van der Waals surface area contributed by atoms with Gasteiger partial charge in [-0.25, -0.2) is 13.2 Å². The molecule has 0 amide bonds. The summed E-state index contributed by atoms with van der Waals surface area (Å²) >= 11 is -1.61. The molecule has 1 rings (SSSR count). The van der Waals surface area contributed by atoms with Crippen LogP contribution in [0.25, 0.3) is 0 Å². The van der Waals surface area contributed by atoms with E-state index in [0.717, 1.165) is 12.5 Å². The summed E-state index contributed by atoms with van der Waals surface area (Å²) in [6.07, 6.45) is 1.52. The van der Waals surface area contributed by atoms with Gasteiger partial charge in [-0.05, 0) is 18.6 Å². The monoisotopic (exact) mass is 277 g/mol. The van der Waals surface area contributed by atoms with Crippen molar-refractivity contribution in [1.82, 2.24) is 0 Å². The van der Waals surface area contributed by atoms with Crippen molar-refractivity contribution in [3.05, 3.63) is 35.4 Å². The Bertz CT molecular complexity index is 426. The quantitative estimate of drug-likeness (QED) is 0.581. The summed E-state index contributed by atoms with van der Waals surface area (Å²) < 4.78 is 54.3. The van der Waals surface area contributed by atoms with E-state index in [0.29, 0.717) is 6.42 Å². The van der Waals surface area contributed by atoms with Crippen molar-refractivity contribution in [2.45, 2.75) is 19.8 Å². The zero-order valence-electron chi connectivity index (χ0n) is 9.96. The summed E-state index contributed by atoms with van der Waals surface area (Å²) in [5.74, 6) is -1.95. The molecule has 18 heavy (non-hydrogen) atoms. The molecule has 0 bridgehead atoms. The second kappa shape index (κ2) is 7.43. The first-order valence-electron chi connectivity index (χ1n) is 5.56. The van der Waals surface area contributed by atoms with E-state index >= 15 is 0 Å². The summed E-state index contributed by atoms with van der Waals surface area (Å²) in [4.78, 5) is 0. The van der Waals surface area contributed by atoms with Crippen molar-refractivity contribution in [2.75, 3.05) is 12.4 Å². The fraction of sp³-hybridized carbons (Fsp3) is 0.417. The van der Waals surface area contributed by atoms with Crippen LogP contribution in [0.5, 0.6) is 0 Å². The maximum absolute atomic E-state index is 13.4. The van der Waals surface area contributed by atoms with Crippen LogP contribution >= 0.6 is 0 Å². The molecule has 0 spiro atoms. The van der Waals surface area contributed by atoms with E-state index in [1.165, 1.54) is 12.1 Å². The van der Waals surface area contributed by atoms with Crippen LogP contribution in [0.2, 0.25) is 0 Å². The highest BCUT2D eigenvalue weighted by Crippen LogP contribution is 2.14. The number of nitrogens with zero attached hydrogens (tertiary/aromatic N) is 1. The first-order chi connectivity index (χ1) is 8.60. The predicted molar refractivity (Wildman–Crippen MR) is 66.8 cm³/mol. The largest absolute Gasteiger partial charge is 0.591 e. The molecule has 0 heterocycles. The van der Waals surface area contributed by atoms with Gasteiger partial charge in [-0.15, -0.1) is 0 Å². The van der Waals surface area contributed by atoms with Gasteiger partial charge < -0.3 is 4.55 Å². The molecule has 1 aromatic rings. The Labute approximate surface area is 107 Å². The zero-order valence-corrected chi connectivity index (χ0v) is 10.8. The number of rotatable bonds is 6. The third-order valence-electron chi connectivity index (χ3n) is 2.27. The molecule has 2 nitrogen and oxygen atoms in total. The summed E-state index contributed by atoms with van der Waals surface area (Å²) in [5, 5.41) is 0. The van der Waals surface area contributed by atoms with E-state index < -0.39 is 29.7 Å². The minimum atomic E-state index is -1.61. The summed E-state index contributed by atoms with van der Waals surface area (Å²) in [6.45, 7) is 0.835. The fourth-order valence-corrected chi connectivity index (χ4v) is 2.33. The lowest BCUT2D eigenvalue weighted by molar-refractivity contribution is 0.505. The standard InChI is InChI=1S/C12H14F3NOS/c1-2-3-7-18(17)16-11(8-13)9-5-4-6-10(14)12(9)15/h4-6H,2-3,7-8H2,1H3. The Kier molecular flexibility index (Phi) is 6.21. The van der Waals surface area contributed by atoms with Gasteiger partial charge in [0, 0.05) is 5.56 Å². The first-order valence-corrected chi connectivity index (χ1v) is 6.84. The van der Waals surface area contributed by atoms with Gasteiger partial charge in [0.2, 0.25) is 0 Å². The van der Waals surface area contributed by atoms with Gasteiger partial charge in [0.25, 0.3) is 0 Å². The van der Waals surface area contributed by atoms with E-state index in [1.807, 2.05) is 6.92 Å². The number of alkyl halides is 1. The summed E-state index contributed by atoms with van der Waals surface area (Å²) in [5.41, 5.74) is -0.594. The van der Waals surface area contributed by atoms with Crippen molar-refractivity contribution in [3.8, 4) is 0 Å². The number of benzene rings is 1. The van der Waals surface area contributed by atoms with Gasteiger partial charge in [0.05, 0.1) is 11.4 Å². The molecule has 0 aromatic heterocycles. The van der Waals surface area contributed by atoms with Crippen LogP contribution in [0.3, 0.4) is 0 Å². The van der Waals surface area contributed by atoms with E-state index in [4.69, 9.17) is 0 Å². The van der Waals surface area contributed by atoms with Crippen LogP contribution in [0, 0.1) is 11.6 Å². The zero-order chi connectivity index (χ0) is 13.5. The van der Waals surface area contributed by atoms with Gasteiger partial charge in [0.1, 0.15) is 18.1 Å². The minimum Gasteiger partial charge on any atom is -0.591 e. The molecule has 0 aliphatic rings. The summed E-state index contributed by atoms with van der Waals surface area (Å²) in [6, 6.07) is 3.41. The molecule has 0 aliphatic carbocycles. The molecule has 0 saturated heterocycles. The lowest BCUT2D eigenvalue weighted by atomic mass is 10.1. The Morgan fingerprint density at radius 1 is 1.39 bits per heavy atom. The van der Waals surface area contributed by atoms with Gasteiger partial charge in [-0.1, -0.05) is 23.8 Å². The van der Waals surface area contributed by atoms with Crippen molar-refractivity contribution in [1.29, 1.82) is 0 Å². The highest BCUT2D eigenvalue weighted by molar-refractivity contribution is 7.90. The SMILES string of the molecule is CCCC[S+]([O-])N=C(CF)c1cccc(F)c1F. The van der Waals surface area contributed by atoms with Crippen molar-refractivity contribution in [2.24, 2.45) is 4.40 Å². The Hall–Kier alpha value is -1.01. The smallest absolute Gasteiger partial charge is 0.168 e. The fourth-order valence-electron chi connectivity index (χ4n) is 1.31. The molecule has 0 fully saturated rings. The molecule has 100 valence electrons. The number of hydrogen-bond donors (Lipinski definition) is 0. The molecule has 1 unspecified atom stereocenters. The maximum atomic E-state index is 13.4. The van der Waals surface area contributed by atoms with Crippen LogP contribution in [-0.2, 0) is 11.4 Å². The maximum Gasteiger partial charge on any atom is 0.168 e. The van der Waals surface area contributed by atoms with Crippen LogP contribution in [0.4, 0.5) is 13.2 Å². The van der Waals surface area contributed by atoms with Gasteiger partial charge in [-0.2, -0.15) is 0 Å². The molecule has 0 radical (unpaired) electrons. The average Bonchev–Trinajstić information content (AvgIpc) is 2.37. The van der Waals surface area contributed by atoms with Gasteiger partial charge in [-0.3, -0.25) is 0 Å². The topological polar surface area (TPSA) is 35.4 Å². The molecule has 0 aliphatic heterocycles. The Morgan fingerprint density at radius 3 is 2.72 bits per heavy atom. The van der Waals surface area contributed by atoms with E-state index in [9.17, 15) is 17.7 Å². The van der Waals surface area contributed by atoms with Crippen molar-refractivity contribution >= 4 is 17.1 Å². The van der Waals surface area contributed by atoms with Crippen molar-refractivity contribution < 1.29 is 17.7 Å².